The van der Waals surface area contributed by atoms with E-state index >= 15 is 33.6 Å². The predicted octanol–water partition coefficient (Wildman–Crippen LogP) is -7.12. The van der Waals surface area contributed by atoms with E-state index in [1.165, 1.54) is 55.5 Å². The average Bonchev–Trinajstić information content (AvgIpc) is 1.50. The molecule has 55 heteroatoms. The second-order valence-corrected chi connectivity index (χ2v) is 35.3. The van der Waals surface area contributed by atoms with Gasteiger partial charge in [-0.15, -0.1) is 0 Å². The van der Waals surface area contributed by atoms with Gasteiger partial charge in [-0.3, -0.25) is 98.3 Å². The first-order valence-electron chi connectivity index (χ1n) is 47.5. The zero-order valence-electron chi connectivity index (χ0n) is 81.0. The van der Waals surface area contributed by atoms with Crippen molar-refractivity contribution in [3.8, 4) is 11.5 Å². The maximum atomic E-state index is 15.3. The number of likely N-dealkylation sites (tertiary alicyclic amines) is 1. The molecule has 0 unspecified atom stereocenters. The highest BCUT2D eigenvalue weighted by Gasteiger charge is 2.43. The van der Waals surface area contributed by atoms with Gasteiger partial charge >= 0.3 is 18.0 Å². The molecule has 1 heterocycles. The zero-order chi connectivity index (χ0) is 108. The van der Waals surface area contributed by atoms with Gasteiger partial charge in [-0.1, -0.05) is 66.7 Å². The Morgan fingerprint density at radius 3 is 1.01 bits per heavy atom. The number of carbonyl (C=O) groups is 18. The molecule has 53 nitrogen and oxygen atoms in total. The number of phenolic OH excluding ortho intramolecular Hbond substituents is 2. The third-order valence-electron chi connectivity index (χ3n) is 23.0. The van der Waals surface area contributed by atoms with Crippen LogP contribution in [0.15, 0.2) is 91.0 Å². The number of unbranched alkanes of at least 4 members (excludes halogenated alkanes) is 1. The number of guanidine groups is 4. The molecule has 14 atom stereocenters. The molecule has 1 saturated heterocycles. The van der Waals surface area contributed by atoms with Crippen molar-refractivity contribution in [1.82, 2.24) is 106 Å². The Morgan fingerprint density at radius 1 is 0.356 bits per heavy atom. The molecule has 0 aromatic heterocycles. The van der Waals surface area contributed by atoms with Gasteiger partial charge in [-0.2, -0.15) is 25.3 Å². The fourth-order valence-corrected chi connectivity index (χ4v) is 15.9. The molecule has 5 rings (SSSR count). The summed E-state index contributed by atoms with van der Waals surface area (Å²) in [5.74, 6) is -18.8. The van der Waals surface area contributed by atoms with Crippen LogP contribution in [0.4, 0.5) is 9.59 Å². The van der Waals surface area contributed by atoms with Crippen LogP contribution in [0.1, 0.15) is 146 Å². The van der Waals surface area contributed by atoms with Gasteiger partial charge in [0.05, 0.1) is 0 Å². The Labute approximate surface area is 853 Å². The Balaban J connectivity index is 1.48. The second kappa shape index (κ2) is 64.2. The summed E-state index contributed by atoms with van der Waals surface area (Å²) >= 11 is 8.68. The lowest BCUT2D eigenvalue weighted by Gasteiger charge is -2.31. The summed E-state index contributed by atoms with van der Waals surface area (Å²) in [6.45, 7) is 0.956. The summed E-state index contributed by atoms with van der Waals surface area (Å²) in [6, 6.07) is -0.518. The van der Waals surface area contributed by atoms with Crippen LogP contribution >= 0.6 is 25.3 Å². The molecule has 0 saturated carbocycles. The maximum absolute atomic E-state index is 15.3. The average molecular weight is 2080 g/mol. The summed E-state index contributed by atoms with van der Waals surface area (Å²) in [5, 5.41) is 112. The quantitative estimate of drug-likeness (QED) is 0.00845. The minimum Gasteiger partial charge on any atom is -0.508 e. The number of thiol groups is 2. The Bertz CT molecular complexity index is 5150. The van der Waals surface area contributed by atoms with Crippen molar-refractivity contribution < 1.29 is 102 Å². The van der Waals surface area contributed by atoms with Gasteiger partial charge in [-0.25, -0.2) is 9.59 Å². The molecule has 4 aromatic carbocycles. The van der Waals surface area contributed by atoms with Gasteiger partial charge in [0.25, 0.3) is 0 Å². The van der Waals surface area contributed by atoms with Crippen molar-refractivity contribution in [2.24, 2.45) is 45.9 Å². The maximum Gasteiger partial charge on any atom is 0.312 e. The Hall–Kier alpha value is -15.5. The summed E-state index contributed by atoms with van der Waals surface area (Å²) < 4.78 is 0. The summed E-state index contributed by atoms with van der Waals surface area (Å²) in [7, 11) is 0. The molecule has 0 bridgehead atoms. The number of nitrogens with one attached hydrogen (secondary N) is 23. The number of amides is 19. The van der Waals surface area contributed by atoms with E-state index < -0.39 is 228 Å². The molecule has 802 valence electrons. The number of benzene rings is 4. The van der Waals surface area contributed by atoms with Crippen LogP contribution in [0, 0.1) is 21.6 Å². The van der Waals surface area contributed by atoms with Crippen molar-refractivity contribution >= 4 is 167 Å². The fraction of sp³-hybridized carbons (Fsp3) is 0.516. The second-order valence-electron chi connectivity index (χ2n) is 34.6. The van der Waals surface area contributed by atoms with E-state index in [4.69, 9.17) is 67.5 Å². The number of nitrogens with two attached hydrogens (primary N) is 8. The van der Waals surface area contributed by atoms with Gasteiger partial charge in [0.1, 0.15) is 96.1 Å². The highest BCUT2D eigenvalue weighted by molar-refractivity contribution is 7.80. The van der Waals surface area contributed by atoms with E-state index in [1.54, 1.807) is 24.3 Å². The highest BCUT2D eigenvalue weighted by Crippen LogP contribution is 2.24. The monoisotopic (exact) mass is 2080 g/mol. The number of aliphatic carboxylic acids is 1. The smallest absolute Gasteiger partial charge is 0.312 e. The van der Waals surface area contributed by atoms with Crippen LogP contribution < -0.4 is 147 Å². The van der Waals surface area contributed by atoms with E-state index in [9.17, 15) is 68.1 Å². The molecule has 1 fully saturated rings. The standard InChI is InChI=1S/C91H140N32O21S2/c1-49(124)110-58(17-7-37-105-87(96)97)73(130)113-62(19-9-39-107-89(100)101)77(134)118-67(46-52-23-28-53-13-2-3-14-54(53)43-52)81(138)122-69(48-146)83(140)119-65(44-50-24-29-55(125)30-25-50)79(136)115-61(20-10-40-108-90(102)143)74(131)112-59(15-4-5-35-92)76(133)117-64(33-34-71(127)128)85(142)123-42-12-22-70(123)84(141)120-66(45-51-26-31-56(126)32-27-51)80(137)116-60(18-8-38-106-88(98)99)75(132)114-63(21-11-41-109-91(103)144)78(135)121-68(47-145)82(139)111-57(72(93)129)16-6-36-104-86(94)95/h2-3,13-14,23-32,43,57-70,125-126,145-146H,4-12,15-22,33-42,44-48,92H2,1H3,(H2,93,129)(H,110,124)(H,111,139)(H,112,131)(H,113,130)(H,114,132)(H,115,136)(H,116,137)(H,117,133)(H,118,134)(H,119,140)(H,120,141)(H,121,135)(H,122,138)(H,127,128)(H4,94,95,104)(H4,96,97,105)(H4,98,99,106)(H4,100,101,107)(H3,102,108,143)(H3,103,109,144)/t57-,58-,59-,60-,61-,62-,63-,64+,65-,66-,67-,68-,69-,70-/m0/s1. The minimum atomic E-state index is -1.80. The third kappa shape index (κ3) is 45.4. The van der Waals surface area contributed by atoms with E-state index in [-0.39, 0.29) is 204 Å². The molecule has 146 heavy (non-hydrogen) atoms. The fourth-order valence-electron chi connectivity index (χ4n) is 15.4. The summed E-state index contributed by atoms with van der Waals surface area (Å²) in [6.07, 6.45) is -3.04. The van der Waals surface area contributed by atoms with Gasteiger partial charge in [0.15, 0.2) is 23.8 Å². The summed E-state index contributed by atoms with van der Waals surface area (Å²) in [4.78, 5) is 255. The normalized spacial score (nSPS) is 14.6. The summed E-state index contributed by atoms with van der Waals surface area (Å²) in [5.41, 5.74) is 45.3. The van der Waals surface area contributed by atoms with E-state index in [0.717, 1.165) is 15.7 Å². The van der Waals surface area contributed by atoms with Crippen LogP contribution in [0.5, 0.6) is 11.5 Å². The number of primary amides is 3. The first kappa shape index (κ1) is 121. The van der Waals surface area contributed by atoms with Gasteiger partial charge in [0.2, 0.25) is 88.6 Å². The first-order chi connectivity index (χ1) is 69.4. The molecule has 19 amide bonds. The minimum absolute atomic E-state index is 0.0112. The van der Waals surface area contributed by atoms with E-state index in [2.05, 4.69) is 126 Å². The lowest BCUT2D eigenvalue weighted by atomic mass is 10.00. The topological polar surface area (TPSA) is 903 Å². The Kier molecular flexibility index (Phi) is 53.2. The van der Waals surface area contributed by atoms with Crippen molar-refractivity contribution in [2.75, 3.05) is 63.9 Å². The number of hydrogen-bond donors (Lipinski definition) is 36. The molecule has 4 aromatic rings. The molecule has 1 aliphatic heterocycles. The van der Waals surface area contributed by atoms with Crippen molar-refractivity contribution in [2.45, 2.75) is 233 Å². The number of carbonyl (C=O) groups excluding carboxylic acids is 17. The number of hydrogen-bond acceptors (Lipinski definition) is 27. The highest BCUT2D eigenvalue weighted by atomic mass is 32.1. The van der Waals surface area contributed by atoms with Crippen LogP contribution in [0.3, 0.4) is 0 Å². The number of fused-ring (bicyclic) bond motifs is 1. The lowest BCUT2D eigenvalue weighted by molar-refractivity contribution is -0.143. The third-order valence-corrected chi connectivity index (χ3v) is 23.7. The molecular weight excluding hydrogens is 1940 g/mol. The molecule has 0 radical (unpaired) electrons. The SMILES string of the molecule is CC(=O)N[C@@H](CCCNC(=N)N)C(=O)N[C@@H](CCCNC(=N)N)C(=O)N[C@@H](Cc1ccc2ccccc2c1)C(=O)N[C@@H](CS)C(=O)N[C@@H](Cc1ccc(O)cc1)C(=O)N[C@@H](CCCNC(N)=O)C(=O)N[C@@H](CCCCN)C(=O)N[C@H](CCC(=O)O)C(=O)N1CCC[C@H]1C(=O)N[C@@H](Cc1ccc(O)cc1)C(=O)N[C@@H](CCCNC(=N)N)C(=O)N[C@@H](CCCNC(N)=O)C(=O)N[C@@H](CS)C(=O)N[C@@H](CCCNC(=N)N)C(N)=O. The molecular formula is C91H140N32O21S2. The number of nitrogens with zero attached hydrogens (tertiary/aromatic N) is 1. The van der Waals surface area contributed by atoms with Crippen LogP contribution in [-0.2, 0) is 96.0 Å². The first-order valence-corrected chi connectivity index (χ1v) is 48.7. The molecule has 0 aliphatic carbocycles. The van der Waals surface area contributed by atoms with Gasteiger partial charge in [0, 0.05) is 89.9 Å². The molecule has 1 aliphatic rings. The lowest BCUT2D eigenvalue weighted by Crippen LogP contribution is -2.61. The van der Waals surface area contributed by atoms with Crippen molar-refractivity contribution in [3.05, 3.63) is 108 Å². The number of phenols is 2. The van der Waals surface area contributed by atoms with E-state index in [1.807, 2.05) is 18.2 Å². The van der Waals surface area contributed by atoms with E-state index in [0.29, 0.717) is 16.7 Å². The van der Waals surface area contributed by atoms with Crippen molar-refractivity contribution in [1.29, 1.82) is 21.6 Å². The number of aromatic hydroxyl groups is 2. The number of urea groups is 2. The Morgan fingerprint density at radius 2 is 0.658 bits per heavy atom. The largest absolute Gasteiger partial charge is 0.508 e. The number of rotatable bonds is 66. The van der Waals surface area contributed by atoms with Crippen LogP contribution in [0.2, 0.25) is 0 Å². The van der Waals surface area contributed by atoms with Crippen molar-refractivity contribution in [3.63, 3.8) is 0 Å². The zero-order valence-corrected chi connectivity index (χ0v) is 82.8. The van der Waals surface area contributed by atoms with Gasteiger partial charge < -0.3 is 167 Å². The number of carboxylic acids is 1. The van der Waals surface area contributed by atoms with Crippen LogP contribution in [-0.4, -0.2) is 299 Å². The number of carboxylic acid groups (broad SMARTS) is 1. The molecule has 0 spiro atoms. The molecule has 42 N–H and O–H groups in total. The van der Waals surface area contributed by atoms with Crippen LogP contribution in [0.25, 0.3) is 10.8 Å². The van der Waals surface area contributed by atoms with Gasteiger partial charge in [-0.05, 0) is 174 Å². The predicted molar refractivity (Wildman–Crippen MR) is 544 cm³/mol.